The topological polar surface area (TPSA) is 36.9 Å². The molecule has 0 radical (unpaired) electrons. The van der Waals surface area contributed by atoms with Gasteiger partial charge in [-0.1, -0.05) is 97.0 Å². The molecule has 206 valence electrons. The van der Waals surface area contributed by atoms with Crippen LogP contribution in [0.2, 0.25) is 0 Å². The summed E-state index contributed by atoms with van der Waals surface area (Å²) in [4.78, 5) is 25.0. The van der Waals surface area contributed by atoms with Crippen molar-refractivity contribution in [1.82, 2.24) is 0 Å². The van der Waals surface area contributed by atoms with E-state index in [4.69, 9.17) is 19.6 Å². The van der Waals surface area contributed by atoms with Crippen LogP contribution in [0.15, 0.2) is 48.5 Å². The van der Waals surface area contributed by atoms with Crippen molar-refractivity contribution >= 4 is 0 Å². The summed E-state index contributed by atoms with van der Waals surface area (Å²) in [5.74, 6) is 0.363. The molecule has 37 heavy (non-hydrogen) atoms. The lowest BCUT2D eigenvalue weighted by Gasteiger charge is -2.46. The van der Waals surface area contributed by atoms with E-state index < -0.39 is 17.0 Å². The van der Waals surface area contributed by atoms with Crippen LogP contribution in [-0.4, -0.2) is 5.79 Å². The molecule has 1 atom stereocenters. The van der Waals surface area contributed by atoms with Gasteiger partial charge >= 0.3 is 0 Å². The van der Waals surface area contributed by atoms with Gasteiger partial charge in [-0.15, -0.1) is 0 Å². The first kappa shape index (κ1) is 29.8. The lowest BCUT2D eigenvalue weighted by molar-refractivity contribution is -0.556. The standard InChI is InChI=1S/C33H50O4/c1-23(2)26-12-16-28(17-13-26)31(8,9)34-36-33(21-25(5)20-30(6,7)22-33)37-35-32(10,11)29-18-14-27(15-19-29)24(3)4/h12-19,23-25H,20-22H2,1-11H3. The van der Waals surface area contributed by atoms with Gasteiger partial charge in [-0.05, 0) is 79.5 Å². The summed E-state index contributed by atoms with van der Waals surface area (Å²) in [6.07, 6.45) is 2.47. The van der Waals surface area contributed by atoms with Crippen molar-refractivity contribution in [1.29, 1.82) is 0 Å². The van der Waals surface area contributed by atoms with Crippen molar-refractivity contribution < 1.29 is 19.6 Å². The minimum Gasteiger partial charge on any atom is -0.223 e. The second-order valence-corrected chi connectivity index (χ2v) is 13.7. The summed E-state index contributed by atoms with van der Waals surface area (Å²) >= 11 is 0. The van der Waals surface area contributed by atoms with Crippen LogP contribution in [0.3, 0.4) is 0 Å². The third kappa shape index (κ3) is 7.66. The normalized spacial score (nSPS) is 20.0. The van der Waals surface area contributed by atoms with Crippen molar-refractivity contribution in [2.75, 3.05) is 0 Å². The van der Waals surface area contributed by atoms with E-state index in [1.807, 2.05) is 27.7 Å². The smallest absolute Gasteiger partial charge is 0.223 e. The van der Waals surface area contributed by atoms with Gasteiger partial charge in [-0.25, -0.2) is 9.78 Å². The number of hydrogen-bond acceptors (Lipinski definition) is 4. The Hall–Kier alpha value is -1.72. The van der Waals surface area contributed by atoms with Gasteiger partial charge in [-0.3, -0.25) is 0 Å². The second-order valence-electron chi connectivity index (χ2n) is 13.7. The summed E-state index contributed by atoms with van der Waals surface area (Å²) < 4.78 is 0. The monoisotopic (exact) mass is 510 g/mol. The van der Waals surface area contributed by atoms with E-state index in [0.29, 0.717) is 30.6 Å². The molecule has 2 aromatic rings. The van der Waals surface area contributed by atoms with Crippen LogP contribution in [0.1, 0.15) is 130 Å². The Labute approximate surface area is 225 Å². The quantitative estimate of drug-likeness (QED) is 0.181. The maximum Gasteiger partial charge on any atom is 0.234 e. The zero-order valence-corrected chi connectivity index (χ0v) is 25.1. The predicted octanol–water partition coefficient (Wildman–Crippen LogP) is 9.54. The van der Waals surface area contributed by atoms with E-state index in [1.54, 1.807) is 0 Å². The highest BCUT2D eigenvalue weighted by Gasteiger charge is 2.49. The van der Waals surface area contributed by atoms with Gasteiger partial charge in [0.1, 0.15) is 11.2 Å². The van der Waals surface area contributed by atoms with Crippen LogP contribution in [0, 0.1) is 11.3 Å². The Morgan fingerprint density at radius 2 is 1.05 bits per heavy atom. The lowest BCUT2D eigenvalue weighted by Crippen LogP contribution is -2.48. The first-order valence-corrected chi connectivity index (χ1v) is 14.0. The molecule has 0 spiro atoms. The Morgan fingerprint density at radius 3 is 1.38 bits per heavy atom. The van der Waals surface area contributed by atoms with E-state index in [0.717, 1.165) is 17.5 Å². The van der Waals surface area contributed by atoms with Gasteiger partial charge in [0.2, 0.25) is 5.79 Å². The highest BCUT2D eigenvalue weighted by molar-refractivity contribution is 5.29. The van der Waals surface area contributed by atoms with Gasteiger partial charge in [-0.2, -0.15) is 9.78 Å². The Balaban J connectivity index is 1.80. The first-order chi connectivity index (χ1) is 17.0. The molecule has 0 aromatic heterocycles. The molecule has 4 heteroatoms. The maximum absolute atomic E-state index is 6.31. The van der Waals surface area contributed by atoms with Crippen LogP contribution in [-0.2, 0) is 30.8 Å². The van der Waals surface area contributed by atoms with Gasteiger partial charge in [0.05, 0.1) is 0 Å². The van der Waals surface area contributed by atoms with E-state index >= 15 is 0 Å². The SMILES string of the molecule is CC1CC(C)(C)CC(OOC(C)(C)c2ccc(C(C)C)cc2)(OOC(C)(C)c2ccc(C(C)C)cc2)C1. The largest absolute Gasteiger partial charge is 0.234 e. The molecule has 1 fully saturated rings. The molecule has 1 aliphatic carbocycles. The molecule has 0 aliphatic heterocycles. The summed E-state index contributed by atoms with van der Waals surface area (Å²) in [6.45, 7) is 23.7. The van der Waals surface area contributed by atoms with Crippen molar-refractivity contribution in [3.63, 3.8) is 0 Å². The van der Waals surface area contributed by atoms with Crippen LogP contribution in [0.5, 0.6) is 0 Å². The number of benzene rings is 2. The number of hydrogen-bond donors (Lipinski definition) is 0. The molecular weight excluding hydrogens is 460 g/mol. The third-order valence-electron chi connectivity index (χ3n) is 7.66. The van der Waals surface area contributed by atoms with Crippen LogP contribution in [0.4, 0.5) is 0 Å². The fraction of sp³-hybridized carbons (Fsp3) is 0.636. The van der Waals surface area contributed by atoms with Crippen molar-refractivity contribution in [3.8, 4) is 0 Å². The maximum atomic E-state index is 6.31. The fourth-order valence-corrected chi connectivity index (χ4v) is 5.56. The molecule has 1 aliphatic rings. The van der Waals surface area contributed by atoms with E-state index in [-0.39, 0.29) is 5.41 Å². The van der Waals surface area contributed by atoms with Gasteiger partial charge in [0.25, 0.3) is 0 Å². The summed E-state index contributed by atoms with van der Waals surface area (Å²) in [5, 5.41) is 0. The summed E-state index contributed by atoms with van der Waals surface area (Å²) in [7, 11) is 0. The molecule has 0 saturated heterocycles. The molecule has 1 unspecified atom stereocenters. The minimum absolute atomic E-state index is 0.0243. The highest BCUT2D eigenvalue weighted by Crippen LogP contribution is 2.48. The van der Waals surface area contributed by atoms with E-state index in [1.165, 1.54) is 11.1 Å². The lowest BCUT2D eigenvalue weighted by atomic mass is 9.70. The molecule has 0 bridgehead atoms. The third-order valence-corrected chi connectivity index (χ3v) is 7.66. The van der Waals surface area contributed by atoms with Crippen molar-refractivity contribution in [2.24, 2.45) is 11.3 Å². The van der Waals surface area contributed by atoms with Crippen LogP contribution in [0.25, 0.3) is 0 Å². The molecule has 0 N–H and O–H groups in total. The zero-order valence-electron chi connectivity index (χ0n) is 25.1. The van der Waals surface area contributed by atoms with Gasteiger partial charge < -0.3 is 0 Å². The first-order valence-electron chi connectivity index (χ1n) is 14.0. The molecule has 3 rings (SSSR count). The van der Waals surface area contributed by atoms with Crippen LogP contribution >= 0.6 is 0 Å². The van der Waals surface area contributed by atoms with Gasteiger partial charge in [0, 0.05) is 12.8 Å². The molecule has 1 saturated carbocycles. The average Bonchev–Trinajstić information content (AvgIpc) is 2.81. The molecular formula is C33H50O4. The van der Waals surface area contributed by atoms with Crippen LogP contribution < -0.4 is 0 Å². The zero-order chi connectivity index (χ0) is 27.6. The predicted molar refractivity (Wildman–Crippen MR) is 151 cm³/mol. The van der Waals surface area contributed by atoms with E-state index in [2.05, 4.69) is 97.0 Å². The fourth-order valence-electron chi connectivity index (χ4n) is 5.56. The van der Waals surface area contributed by atoms with Crippen molar-refractivity contribution in [3.05, 3.63) is 70.8 Å². The molecule has 0 amide bonds. The average molecular weight is 511 g/mol. The Bertz CT molecular complexity index is 932. The molecule has 2 aromatic carbocycles. The minimum atomic E-state index is -1.01. The second kappa shape index (κ2) is 11.2. The van der Waals surface area contributed by atoms with Gasteiger partial charge in [0.15, 0.2) is 0 Å². The number of rotatable bonds is 10. The Morgan fingerprint density at radius 1 is 0.676 bits per heavy atom. The summed E-state index contributed by atoms with van der Waals surface area (Å²) in [6, 6.07) is 17.2. The molecule has 4 nitrogen and oxygen atoms in total. The molecule has 0 heterocycles. The Kier molecular flexibility index (Phi) is 9.01. The highest BCUT2D eigenvalue weighted by atomic mass is 17.3. The summed E-state index contributed by atoms with van der Waals surface area (Å²) in [5.41, 5.74) is 3.44. The van der Waals surface area contributed by atoms with E-state index in [9.17, 15) is 0 Å². The van der Waals surface area contributed by atoms with Crippen molar-refractivity contribution in [2.45, 2.75) is 124 Å².